The van der Waals surface area contributed by atoms with Gasteiger partial charge in [-0.05, 0) is 36.2 Å². The summed E-state index contributed by atoms with van der Waals surface area (Å²) in [7, 11) is 1.54. The number of benzene rings is 2. The SMILES string of the molecule is COc1ccc(N(CCC(=O)N2CCc3ccccc32)C(C)=O)cc1Cl. The Bertz CT molecular complexity index is 838. The highest BCUT2D eigenvalue weighted by atomic mass is 35.5. The molecule has 26 heavy (non-hydrogen) atoms. The highest BCUT2D eigenvalue weighted by Crippen LogP contribution is 2.30. The van der Waals surface area contributed by atoms with Gasteiger partial charge in [-0.1, -0.05) is 29.8 Å². The highest BCUT2D eigenvalue weighted by Gasteiger charge is 2.25. The third kappa shape index (κ3) is 3.68. The zero-order valence-corrected chi connectivity index (χ0v) is 15.6. The summed E-state index contributed by atoms with van der Waals surface area (Å²) in [6.07, 6.45) is 1.12. The lowest BCUT2D eigenvalue weighted by atomic mass is 10.2. The third-order valence-corrected chi connectivity index (χ3v) is 4.86. The average molecular weight is 373 g/mol. The molecular formula is C20H21ClN2O3. The molecule has 0 fully saturated rings. The molecule has 0 N–H and O–H groups in total. The topological polar surface area (TPSA) is 49.9 Å². The number of ether oxygens (including phenoxy) is 1. The van der Waals surface area contributed by atoms with Crippen LogP contribution in [0.2, 0.25) is 5.02 Å². The molecule has 0 saturated heterocycles. The van der Waals surface area contributed by atoms with Crippen molar-refractivity contribution >= 4 is 34.8 Å². The number of carbonyl (C=O) groups excluding carboxylic acids is 2. The molecule has 0 bridgehead atoms. The van der Waals surface area contributed by atoms with Gasteiger partial charge >= 0.3 is 0 Å². The largest absolute Gasteiger partial charge is 0.495 e. The summed E-state index contributed by atoms with van der Waals surface area (Å²) in [5.41, 5.74) is 2.81. The van der Waals surface area contributed by atoms with Gasteiger partial charge in [0, 0.05) is 37.8 Å². The molecule has 0 aliphatic carbocycles. The molecule has 1 heterocycles. The van der Waals surface area contributed by atoms with E-state index in [0.29, 0.717) is 29.5 Å². The predicted octanol–water partition coefficient (Wildman–Crippen LogP) is 3.68. The summed E-state index contributed by atoms with van der Waals surface area (Å²) < 4.78 is 5.14. The molecular weight excluding hydrogens is 352 g/mol. The lowest BCUT2D eigenvalue weighted by molar-refractivity contribution is -0.118. The van der Waals surface area contributed by atoms with Crippen LogP contribution in [0.15, 0.2) is 42.5 Å². The first kappa shape index (κ1) is 18.3. The van der Waals surface area contributed by atoms with Crippen molar-refractivity contribution in [3.05, 3.63) is 53.1 Å². The minimum Gasteiger partial charge on any atom is -0.495 e. The summed E-state index contributed by atoms with van der Waals surface area (Å²) in [4.78, 5) is 28.1. The van der Waals surface area contributed by atoms with E-state index >= 15 is 0 Å². The van der Waals surface area contributed by atoms with E-state index in [-0.39, 0.29) is 18.2 Å². The van der Waals surface area contributed by atoms with Crippen LogP contribution in [0.1, 0.15) is 18.9 Å². The van der Waals surface area contributed by atoms with Crippen molar-refractivity contribution in [2.45, 2.75) is 19.8 Å². The van der Waals surface area contributed by atoms with Gasteiger partial charge in [-0.25, -0.2) is 0 Å². The monoisotopic (exact) mass is 372 g/mol. The molecule has 3 rings (SSSR count). The second-order valence-electron chi connectivity index (χ2n) is 6.16. The van der Waals surface area contributed by atoms with Gasteiger partial charge < -0.3 is 14.5 Å². The maximum Gasteiger partial charge on any atom is 0.228 e. The van der Waals surface area contributed by atoms with E-state index in [9.17, 15) is 9.59 Å². The number of hydrogen-bond donors (Lipinski definition) is 0. The molecule has 0 spiro atoms. The summed E-state index contributed by atoms with van der Waals surface area (Å²) in [5.74, 6) is 0.422. The van der Waals surface area contributed by atoms with Crippen LogP contribution >= 0.6 is 11.6 Å². The lowest BCUT2D eigenvalue weighted by Crippen LogP contribution is -2.35. The van der Waals surface area contributed by atoms with Crippen LogP contribution in [0.4, 0.5) is 11.4 Å². The first-order valence-corrected chi connectivity index (χ1v) is 8.89. The van der Waals surface area contributed by atoms with Crippen LogP contribution in [0.3, 0.4) is 0 Å². The smallest absolute Gasteiger partial charge is 0.228 e. The predicted molar refractivity (Wildman–Crippen MR) is 103 cm³/mol. The summed E-state index contributed by atoms with van der Waals surface area (Å²) >= 11 is 6.16. The van der Waals surface area contributed by atoms with Crippen LogP contribution in [-0.2, 0) is 16.0 Å². The van der Waals surface area contributed by atoms with E-state index in [2.05, 4.69) is 0 Å². The molecule has 1 aliphatic heterocycles. The number of amides is 2. The van der Waals surface area contributed by atoms with Crippen LogP contribution in [-0.4, -0.2) is 32.0 Å². The Kier molecular flexibility index (Phi) is 5.47. The molecule has 2 amide bonds. The first-order valence-electron chi connectivity index (χ1n) is 8.51. The molecule has 0 unspecified atom stereocenters. The van der Waals surface area contributed by atoms with E-state index in [1.165, 1.54) is 19.6 Å². The number of anilines is 2. The van der Waals surface area contributed by atoms with Gasteiger partial charge in [-0.3, -0.25) is 9.59 Å². The number of para-hydroxylation sites is 1. The van der Waals surface area contributed by atoms with Gasteiger partial charge in [0.1, 0.15) is 5.75 Å². The maximum absolute atomic E-state index is 12.7. The number of methoxy groups -OCH3 is 1. The maximum atomic E-state index is 12.7. The normalized spacial score (nSPS) is 12.7. The molecule has 2 aromatic rings. The van der Waals surface area contributed by atoms with Crippen molar-refractivity contribution in [3.63, 3.8) is 0 Å². The number of nitrogens with zero attached hydrogens (tertiary/aromatic N) is 2. The second kappa shape index (κ2) is 7.79. The van der Waals surface area contributed by atoms with E-state index < -0.39 is 0 Å². The Hall–Kier alpha value is -2.53. The molecule has 2 aromatic carbocycles. The molecule has 0 aromatic heterocycles. The molecule has 0 radical (unpaired) electrons. The first-order chi connectivity index (χ1) is 12.5. The third-order valence-electron chi connectivity index (χ3n) is 4.56. The summed E-state index contributed by atoms with van der Waals surface area (Å²) in [6.45, 7) is 2.47. The summed E-state index contributed by atoms with van der Waals surface area (Å²) in [5, 5.41) is 0.427. The van der Waals surface area contributed by atoms with Gasteiger partial charge in [0.15, 0.2) is 0 Å². The fourth-order valence-electron chi connectivity index (χ4n) is 3.23. The van der Waals surface area contributed by atoms with Crippen LogP contribution in [0, 0.1) is 0 Å². The van der Waals surface area contributed by atoms with E-state index in [0.717, 1.165) is 12.1 Å². The van der Waals surface area contributed by atoms with E-state index in [1.54, 1.807) is 28.0 Å². The molecule has 6 heteroatoms. The minimum atomic E-state index is -0.138. The van der Waals surface area contributed by atoms with Crippen LogP contribution in [0.25, 0.3) is 0 Å². The fraction of sp³-hybridized carbons (Fsp3) is 0.300. The van der Waals surface area contributed by atoms with Crippen LogP contribution in [0.5, 0.6) is 5.75 Å². The second-order valence-corrected chi connectivity index (χ2v) is 6.57. The van der Waals surface area contributed by atoms with Gasteiger partial charge in [0.05, 0.1) is 12.1 Å². The number of fused-ring (bicyclic) bond motifs is 1. The molecule has 136 valence electrons. The molecule has 0 atom stereocenters. The molecule has 1 aliphatic rings. The van der Waals surface area contributed by atoms with Gasteiger partial charge in [-0.2, -0.15) is 0 Å². The minimum absolute atomic E-state index is 0.0146. The van der Waals surface area contributed by atoms with Crippen LogP contribution < -0.4 is 14.5 Å². The van der Waals surface area contributed by atoms with Crippen molar-refractivity contribution in [2.75, 3.05) is 30.0 Å². The van der Waals surface area contributed by atoms with Gasteiger partial charge in [0.25, 0.3) is 0 Å². The average Bonchev–Trinajstić information content (AvgIpc) is 3.06. The number of halogens is 1. The van der Waals surface area contributed by atoms with Crippen molar-refractivity contribution in [3.8, 4) is 5.75 Å². The van der Waals surface area contributed by atoms with Gasteiger partial charge in [-0.15, -0.1) is 0 Å². The quantitative estimate of drug-likeness (QED) is 0.804. The Morgan fingerprint density at radius 2 is 2.00 bits per heavy atom. The number of hydrogen-bond acceptors (Lipinski definition) is 3. The zero-order chi connectivity index (χ0) is 18.7. The zero-order valence-electron chi connectivity index (χ0n) is 14.9. The van der Waals surface area contributed by atoms with Crippen molar-refractivity contribution in [2.24, 2.45) is 0 Å². The van der Waals surface area contributed by atoms with Crippen molar-refractivity contribution < 1.29 is 14.3 Å². The Balaban J connectivity index is 1.71. The van der Waals surface area contributed by atoms with Crippen molar-refractivity contribution in [1.29, 1.82) is 0 Å². The fourth-order valence-corrected chi connectivity index (χ4v) is 3.48. The number of rotatable bonds is 5. The summed E-state index contributed by atoms with van der Waals surface area (Å²) in [6, 6.07) is 13.1. The lowest BCUT2D eigenvalue weighted by Gasteiger charge is -2.23. The Morgan fingerprint density at radius 3 is 2.69 bits per heavy atom. The number of carbonyl (C=O) groups is 2. The Morgan fingerprint density at radius 1 is 1.23 bits per heavy atom. The van der Waals surface area contributed by atoms with Crippen molar-refractivity contribution in [1.82, 2.24) is 0 Å². The molecule has 5 nitrogen and oxygen atoms in total. The molecule has 0 saturated carbocycles. The Labute approximate surface area is 158 Å². The standard InChI is InChI=1S/C20H21ClN2O3/c1-14(24)22(16-7-8-19(26-2)17(21)13-16)12-10-20(25)23-11-9-15-5-3-4-6-18(15)23/h3-8,13H,9-12H2,1-2H3. The van der Waals surface area contributed by atoms with E-state index in [1.807, 2.05) is 24.3 Å². The highest BCUT2D eigenvalue weighted by molar-refractivity contribution is 6.32. The van der Waals surface area contributed by atoms with Gasteiger partial charge in [0.2, 0.25) is 11.8 Å². The van der Waals surface area contributed by atoms with E-state index in [4.69, 9.17) is 16.3 Å².